The highest BCUT2D eigenvalue weighted by atomic mass is 16.7. The standard InChI is InChI=1S/2C10H19N3O2/c2*1-5-8-6(2)9(12-13-11)7(3)10(14-4)15-8/h2*6-10H,5H2,1-4H3/t6-,7?,8?,9+,10+;6-,7?,8?,9+,10-/m11/s1. The van der Waals surface area contributed by atoms with Gasteiger partial charge in [-0.2, -0.15) is 0 Å². The van der Waals surface area contributed by atoms with E-state index in [0.717, 1.165) is 12.8 Å². The molecule has 0 saturated carbocycles. The summed E-state index contributed by atoms with van der Waals surface area (Å²) in [6.07, 6.45) is 1.52. The van der Waals surface area contributed by atoms with Crippen molar-refractivity contribution in [2.24, 2.45) is 33.9 Å². The maximum absolute atomic E-state index is 8.55. The molecule has 30 heavy (non-hydrogen) atoms. The Labute approximate surface area is 179 Å². The first kappa shape index (κ1) is 26.5. The fourth-order valence-corrected chi connectivity index (χ4v) is 4.58. The fraction of sp³-hybridized carbons (Fsp3) is 1.00. The molecule has 0 aromatic heterocycles. The Balaban J connectivity index is 0.000000300. The summed E-state index contributed by atoms with van der Waals surface area (Å²) in [4.78, 5) is 5.82. The molecule has 0 bridgehead atoms. The van der Waals surface area contributed by atoms with Gasteiger partial charge in [-0.1, -0.05) is 51.8 Å². The fourth-order valence-electron chi connectivity index (χ4n) is 4.58. The Hall–Kier alpha value is -1.54. The van der Waals surface area contributed by atoms with Crippen molar-refractivity contribution in [3.05, 3.63) is 20.9 Å². The zero-order valence-electron chi connectivity index (χ0n) is 19.5. The summed E-state index contributed by atoms with van der Waals surface area (Å²) < 4.78 is 22.1. The molecule has 0 radical (unpaired) electrons. The van der Waals surface area contributed by atoms with Gasteiger partial charge in [-0.25, -0.2) is 0 Å². The number of hydrogen-bond acceptors (Lipinski definition) is 6. The SMILES string of the molecule is CCC1O[C@@H](OC)C(C)[C@@H](N=[N+]=[N-])[C@@H]1C.CCC1O[C@H](OC)C(C)[C@@H](N=[N+]=[N-])[C@@H]1C. The number of azide groups is 2. The highest BCUT2D eigenvalue weighted by Crippen LogP contribution is 2.35. The molecule has 0 N–H and O–H groups in total. The molecule has 10 atom stereocenters. The molecule has 2 saturated heterocycles. The zero-order chi connectivity index (χ0) is 22.8. The highest BCUT2D eigenvalue weighted by Gasteiger charge is 2.41. The molecule has 0 aromatic rings. The molecule has 2 fully saturated rings. The Bertz CT molecular complexity index is 526. The molecular weight excluding hydrogens is 388 g/mol. The van der Waals surface area contributed by atoms with Crippen LogP contribution in [0.1, 0.15) is 54.4 Å². The second kappa shape index (κ2) is 13.0. The van der Waals surface area contributed by atoms with Crippen molar-refractivity contribution >= 4 is 0 Å². The van der Waals surface area contributed by atoms with Crippen LogP contribution in [0.5, 0.6) is 0 Å². The highest BCUT2D eigenvalue weighted by molar-refractivity contribution is 4.90. The smallest absolute Gasteiger partial charge is 0.160 e. The van der Waals surface area contributed by atoms with Gasteiger partial charge in [0.15, 0.2) is 12.6 Å². The van der Waals surface area contributed by atoms with Crippen LogP contribution in [0.25, 0.3) is 20.9 Å². The molecule has 0 aliphatic carbocycles. The van der Waals surface area contributed by atoms with Gasteiger partial charge < -0.3 is 18.9 Å². The minimum absolute atomic E-state index is 0.0429. The number of hydrogen-bond donors (Lipinski definition) is 0. The van der Waals surface area contributed by atoms with E-state index in [4.69, 9.17) is 30.0 Å². The van der Waals surface area contributed by atoms with Gasteiger partial charge in [0.1, 0.15) is 0 Å². The summed E-state index contributed by atoms with van der Waals surface area (Å²) in [5.74, 6) is 0.687. The van der Waals surface area contributed by atoms with Gasteiger partial charge in [-0.05, 0) is 35.7 Å². The zero-order valence-corrected chi connectivity index (χ0v) is 19.5. The quantitative estimate of drug-likeness (QED) is 0.317. The Morgan fingerprint density at radius 3 is 1.27 bits per heavy atom. The number of ether oxygens (including phenoxy) is 4. The second-order valence-corrected chi connectivity index (χ2v) is 8.20. The lowest BCUT2D eigenvalue weighted by atomic mass is 9.83. The van der Waals surface area contributed by atoms with Crippen molar-refractivity contribution in [3.8, 4) is 0 Å². The molecule has 2 aliphatic heterocycles. The van der Waals surface area contributed by atoms with Gasteiger partial charge in [-0.3, -0.25) is 0 Å². The van der Waals surface area contributed by atoms with Gasteiger partial charge in [0.25, 0.3) is 0 Å². The normalized spacial score (nSPS) is 40.9. The van der Waals surface area contributed by atoms with Crippen LogP contribution in [0.4, 0.5) is 0 Å². The molecule has 2 aliphatic rings. The van der Waals surface area contributed by atoms with Crippen LogP contribution in [0.2, 0.25) is 0 Å². The van der Waals surface area contributed by atoms with Crippen LogP contribution in [-0.4, -0.2) is 51.1 Å². The number of nitrogens with zero attached hydrogens (tertiary/aromatic N) is 6. The third-order valence-corrected chi connectivity index (χ3v) is 6.44. The maximum Gasteiger partial charge on any atom is 0.160 e. The van der Waals surface area contributed by atoms with Crippen molar-refractivity contribution in [2.75, 3.05) is 14.2 Å². The van der Waals surface area contributed by atoms with Crippen molar-refractivity contribution in [3.63, 3.8) is 0 Å². The average Bonchev–Trinajstić information content (AvgIpc) is 2.75. The van der Waals surface area contributed by atoms with E-state index < -0.39 is 0 Å². The van der Waals surface area contributed by atoms with Gasteiger partial charge in [-0.15, -0.1) is 0 Å². The molecule has 0 amide bonds. The van der Waals surface area contributed by atoms with Gasteiger partial charge >= 0.3 is 0 Å². The Morgan fingerprint density at radius 2 is 1.03 bits per heavy atom. The van der Waals surface area contributed by atoms with Crippen LogP contribution < -0.4 is 0 Å². The Kier molecular flexibility index (Phi) is 11.5. The summed E-state index contributed by atoms with van der Waals surface area (Å²) in [6, 6.07) is -0.0858. The molecule has 0 aromatic carbocycles. The van der Waals surface area contributed by atoms with E-state index in [9.17, 15) is 0 Å². The first-order chi connectivity index (χ1) is 14.3. The predicted molar refractivity (Wildman–Crippen MR) is 114 cm³/mol. The molecule has 10 heteroatoms. The second-order valence-electron chi connectivity index (χ2n) is 8.20. The van der Waals surface area contributed by atoms with Crippen molar-refractivity contribution in [1.29, 1.82) is 0 Å². The van der Waals surface area contributed by atoms with E-state index in [2.05, 4.69) is 47.7 Å². The number of methoxy groups -OCH3 is 2. The first-order valence-corrected chi connectivity index (χ1v) is 10.8. The molecule has 0 spiro atoms. The van der Waals surface area contributed by atoms with E-state index >= 15 is 0 Å². The van der Waals surface area contributed by atoms with Crippen LogP contribution in [0.3, 0.4) is 0 Å². The summed E-state index contributed by atoms with van der Waals surface area (Å²) in [6.45, 7) is 12.3. The lowest BCUT2D eigenvalue weighted by Crippen LogP contribution is -2.48. The topological polar surface area (TPSA) is 134 Å². The molecule has 2 rings (SSSR count). The average molecular weight is 427 g/mol. The minimum Gasteiger partial charge on any atom is -0.356 e. The summed E-state index contributed by atoms with van der Waals surface area (Å²) in [5, 5.41) is 7.73. The molecule has 2 heterocycles. The van der Waals surface area contributed by atoms with Crippen LogP contribution in [-0.2, 0) is 18.9 Å². The first-order valence-electron chi connectivity index (χ1n) is 10.8. The molecule has 172 valence electrons. The van der Waals surface area contributed by atoms with E-state index in [1.54, 1.807) is 14.2 Å². The third-order valence-electron chi connectivity index (χ3n) is 6.44. The van der Waals surface area contributed by atoms with E-state index in [-0.39, 0.29) is 60.5 Å². The largest absolute Gasteiger partial charge is 0.356 e. The van der Waals surface area contributed by atoms with Crippen LogP contribution in [0, 0.1) is 23.7 Å². The van der Waals surface area contributed by atoms with Crippen LogP contribution in [0.15, 0.2) is 10.2 Å². The van der Waals surface area contributed by atoms with E-state index in [1.807, 2.05) is 13.8 Å². The predicted octanol–water partition coefficient (Wildman–Crippen LogP) is 5.44. The summed E-state index contributed by atoms with van der Waals surface area (Å²) >= 11 is 0. The Morgan fingerprint density at radius 1 is 0.700 bits per heavy atom. The minimum atomic E-state index is -0.262. The van der Waals surface area contributed by atoms with Crippen molar-refractivity contribution in [2.45, 2.75) is 91.3 Å². The monoisotopic (exact) mass is 426 g/mol. The summed E-state index contributed by atoms with van der Waals surface area (Å²) in [7, 11) is 3.24. The van der Waals surface area contributed by atoms with Gasteiger partial charge in [0.05, 0.1) is 12.2 Å². The van der Waals surface area contributed by atoms with Gasteiger partial charge in [0.2, 0.25) is 0 Å². The lowest BCUT2D eigenvalue weighted by molar-refractivity contribution is -0.226. The maximum atomic E-state index is 8.55. The van der Waals surface area contributed by atoms with E-state index in [0.29, 0.717) is 0 Å². The molecule has 10 nitrogen and oxygen atoms in total. The number of rotatable bonds is 6. The lowest BCUT2D eigenvalue weighted by Gasteiger charge is -2.42. The van der Waals surface area contributed by atoms with Gasteiger partial charge in [0, 0.05) is 48.0 Å². The summed E-state index contributed by atoms with van der Waals surface area (Å²) in [5.41, 5.74) is 17.1. The molecular formula is C20H38N6O4. The third kappa shape index (κ3) is 6.23. The van der Waals surface area contributed by atoms with E-state index in [1.165, 1.54) is 0 Å². The van der Waals surface area contributed by atoms with Crippen molar-refractivity contribution < 1.29 is 18.9 Å². The van der Waals surface area contributed by atoms with Crippen molar-refractivity contribution in [1.82, 2.24) is 0 Å². The van der Waals surface area contributed by atoms with Crippen LogP contribution >= 0.6 is 0 Å². The molecule has 4 unspecified atom stereocenters.